The molecule has 0 N–H and O–H groups in total. The molecule has 4 nitrogen and oxygen atoms in total. The summed E-state index contributed by atoms with van der Waals surface area (Å²) in [4.78, 5) is 18.3. The number of aromatic nitrogens is 1. The summed E-state index contributed by atoms with van der Waals surface area (Å²) in [6.45, 7) is 4.07. The third-order valence-electron chi connectivity index (χ3n) is 3.57. The SMILES string of the molecule is CCCc1cc(C(=O)N(C)CCOCC2CC2)cc(Cl)n1. The molecular formula is C16H23ClN2O2. The molecule has 0 aromatic carbocycles. The molecule has 1 aromatic rings. The van der Waals surface area contributed by atoms with Gasteiger partial charge in [-0.15, -0.1) is 0 Å². The van der Waals surface area contributed by atoms with Gasteiger partial charge in [-0.25, -0.2) is 4.98 Å². The van der Waals surface area contributed by atoms with Crippen molar-refractivity contribution in [3.8, 4) is 0 Å². The minimum absolute atomic E-state index is 0.0355. The van der Waals surface area contributed by atoms with E-state index in [4.69, 9.17) is 16.3 Å². The van der Waals surface area contributed by atoms with Crippen molar-refractivity contribution in [2.75, 3.05) is 26.8 Å². The molecule has 116 valence electrons. The summed E-state index contributed by atoms with van der Waals surface area (Å²) < 4.78 is 5.57. The Labute approximate surface area is 131 Å². The number of hydrogen-bond acceptors (Lipinski definition) is 3. The molecule has 1 amide bonds. The zero-order chi connectivity index (χ0) is 15.2. The van der Waals surface area contributed by atoms with Gasteiger partial charge in [0.15, 0.2) is 0 Å². The molecule has 0 spiro atoms. The summed E-state index contributed by atoms with van der Waals surface area (Å²) in [6.07, 6.45) is 4.37. The fourth-order valence-electron chi connectivity index (χ4n) is 2.12. The van der Waals surface area contributed by atoms with Crippen LogP contribution in [0.1, 0.15) is 42.2 Å². The van der Waals surface area contributed by atoms with E-state index >= 15 is 0 Å². The molecule has 0 bridgehead atoms. The van der Waals surface area contributed by atoms with Gasteiger partial charge in [-0.1, -0.05) is 24.9 Å². The fourth-order valence-corrected chi connectivity index (χ4v) is 2.34. The maximum absolute atomic E-state index is 12.4. The van der Waals surface area contributed by atoms with Crippen LogP contribution in [0, 0.1) is 5.92 Å². The molecule has 2 rings (SSSR count). The second-order valence-electron chi connectivity index (χ2n) is 5.66. The molecule has 0 unspecified atom stereocenters. The Balaban J connectivity index is 1.87. The second-order valence-corrected chi connectivity index (χ2v) is 6.05. The number of likely N-dealkylation sites (N-methyl/N-ethyl adjacent to an activating group) is 1. The van der Waals surface area contributed by atoms with Crippen LogP contribution in [0.3, 0.4) is 0 Å². The van der Waals surface area contributed by atoms with Crippen LogP contribution in [0.25, 0.3) is 0 Å². The predicted octanol–water partition coefficient (Wildman–Crippen LogP) is 3.19. The monoisotopic (exact) mass is 310 g/mol. The highest BCUT2D eigenvalue weighted by Crippen LogP contribution is 2.28. The Kier molecular flexibility index (Phi) is 6.00. The van der Waals surface area contributed by atoms with Crippen LogP contribution < -0.4 is 0 Å². The Morgan fingerprint density at radius 3 is 2.90 bits per heavy atom. The number of aryl methyl sites for hydroxylation is 1. The van der Waals surface area contributed by atoms with Gasteiger partial charge in [0.05, 0.1) is 6.61 Å². The van der Waals surface area contributed by atoms with Crippen molar-refractivity contribution in [2.24, 2.45) is 5.92 Å². The zero-order valence-electron chi connectivity index (χ0n) is 12.8. The van der Waals surface area contributed by atoms with E-state index in [9.17, 15) is 4.79 Å². The van der Waals surface area contributed by atoms with Crippen molar-refractivity contribution < 1.29 is 9.53 Å². The fraction of sp³-hybridized carbons (Fsp3) is 0.625. The number of amides is 1. The van der Waals surface area contributed by atoms with Crippen molar-refractivity contribution in [1.82, 2.24) is 9.88 Å². The molecule has 1 aliphatic carbocycles. The largest absolute Gasteiger partial charge is 0.379 e. The van der Waals surface area contributed by atoms with Gasteiger partial charge in [0.25, 0.3) is 5.91 Å². The normalized spacial score (nSPS) is 14.2. The molecule has 21 heavy (non-hydrogen) atoms. The van der Waals surface area contributed by atoms with E-state index in [1.54, 1.807) is 18.0 Å². The second kappa shape index (κ2) is 7.76. The van der Waals surface area contributed by atoms with Crippen LogP contribution in [0.15, 0.2) is 12.1 Å². The van der Waals surface area contributed by atoms with Gasteiger partial charge in [0.2, 0.25) is 0 Å². The molecule has 1 aliphatic rings. The van der Waals surface area contributed by atoms with Crippen molar-refractivity contribution in [3.05, 3.63) is 28.5 Å². The predicted molar refractivity (Wildman–Crippen MR) is 83.7 cm³/mol. The van der Waals surface area contributed by atoms with Crippen LogP contribution in [0.5, 0.6) is 0 Å². The van der Waals surface area contributed by atoms with Crippen LogP contribution in [0.4, 0.5) is 0 Å². The quantitative estimate of drug-likeness (QED) is 0.547. The lowest BCUT2D eigenvalue weighted by atomic mass is 10.1. The third-order valence-corrected chi connectivity index (χ3v) is 3.76. The van der Waals surface area contributed by atoms with Gasteiger partial charge >= 0.3 is 0 Å². The molecule has 0 radical (unpaired) electrons. The summed E-state index contributed by atoms with van der Waals surface area (Å²) in [5.74, 6) is 0.716. The van der Waals surface area contributed by atoms with E-state index in [0.29, 0.717) is 23.9 Å². The Morgan fingerprint density at radius 2 is 2.24 bits per heavy atom. The van der Waals surface area contributed by atoms with Gasteiger partial charge in [-0.2, -0.15) is 0 Å². The van der Waals surface area contributed by atoms with Gasteiger partial charge in [-0.3, -0.25) is 4.79 Å². The lowest BCUT2D eigenvalue weighted by Crippen LogP contribution is -2.30. The van der Waals surface area contributed by atoms with E-state index in [2.05, 4.69) is 11.9 Å². The zero-order valence-corrected chi connectivity index (χ0v) is 13.5. The topological polar surface area (TPSA) is 42.4 Å². The highest BCUT2D eigenvalue weighted by Gasteiger charge is 2.21. The van der Waals surface area contributed by atoms with Gasteiger partial charge in [0, 0.05) is 31.5 Å². The van der Waals surface area contributed by atoms with Crippen molar-refractivity contribution in [3.63, 3.8) is 0 Å². The van der Waals surface area contributed by atoms with Crippen molar-refractivity contribution in [1.29, 1.82) is 0 Å². The number of nitrogens with zero attached hydrogens (tertiary/aromatic N) is 2. The summed E-state index contributed by atoms with van der Waals surface area (Å²) in [7, 11) is 1.79. The molecule has 1 fully saturated rings. The number of pyridine rings is 1. The Bertz CT molecular complexity index is 489. The van der Waals surface area contributed by atoms with Crippen LogP contribution in [-0.2, 0) is 11.2 Å². The lowest BCUT2D eigenvalue weighted by molar-refractivity contribution is 0.0681. The molecule has 0 saturated heterocycles. The van der Waals surface area contributed by atoms with Crippen LogP contribution >= 0.6 is 11.6 Å². The van der Waals surface area contributed by atoms with Gasteiger partial charge in [-0.05, 0) is 37.3 Å². The first kappa shape index (κ1) is 16.2. The Hall–Kier alpha value is -1.13. The highest BCUT2D eigenvalue weighted by molar-refractivity contribution is 6.29. The van der Waals surface area contributed by atoms with Crippen molar-refractivity contribution >= 4 is 17.5 Å². The number of carbonyl (C=O) groups is 1. The maximum Gasteiger partial charge on any atom is 0.253 e. The minimum Gasteiger partial charge on any atom is -0.379 e. The average Bonchev–Trinajstić information content (AvgIpc) is 3.26. The number of rotatable bonds is 8. The van der Waals surface area contributed by atoms with Gasteiger partial charge in [0.1, 0.15) is 5.15 Å². The van der Waals surface area contributed by atoms with Gasteiger partial charge < -0.3 is 9.64 Å². The number of halogens is 1. The number of hydrogen-bond donors (Lipinski definition) is 0. The molecule has 1 heterocycles. The van der Waals surface area contributed by atoms with E-state index in [1.165, 1.54) is 12.8 Å². The van der Waals surface area contributed by atoms with E-state index < -0.39 is 0 Å². The summed E-state index contributed by atoms with van der Waals surface area (Å²) in [5.41, 5.74) is 1.47. The molecule has 5 heteroatoms. The van der Waals surface area contributed by atoms with E-state index in [0.717, 1.165) is 31.1 Å². The lowest BCUT2D eigenvalue weighted by Gasteiger charge is -2.17. The Morgan fingerprint density at radius 1 is 1.48 bits per heavy atom. The smallest absolute Gasteiger partial charge is 0.253 e. The number of ether oxygens (including phenoxy) is 1. The molecule has 1 saturated carbocycles. The summed E-state index contributed by atoms with van der Waals surface area (Å²) in [6, 6.07) is 3.46. The molecule has 1 aromatic heterocycles. The minimum atomic E-state index is -0.0355. The summed E-state index contributed by atoms with van der Waals surface area (Å²) in [5, 5.41) is 0.377. The van der Waals surface area contributed by atoms with E-state index in [1.807, 2.05) is 6.07 Å². The number of carbonyl (C=O) groups excluding carboxylic acids is 1. The maximum atomic E-state index is 12.4. The third kappa shape index (κ3) is 5.29. The van der Waals surface area contributed by atoms with Crippen molar-refractivity contribution in [2.45, 2.75) is 32.6 Å². The standard InChI is InChI=1S/C16H23ClN2O2/c1-3-4-14-9-13(10-15(17)18-14)16(20)19(2)7-8-21-11-12-5-6-12/h9-10,12H,3-8,11H2,1-2H3. The first-order chi connectivity index (χ1) is 10.1. The summed E-state index contributed by atoms with van der Waals surface area (Å²) >= 11 is 6.00. The molecule has 0 aliphatic heterocycles. The van der Waals surface area contributed by atoms with E-state index in [-0.39, 0.29) is 5.91 Å². The highest BCUT2D eigenvalue weighted by atomic mass is 35.5. The first-order valence-electron chi connectivity index (χ1n) is 7.59. The van der Waals surface area contributed by atoms with Crippen LogP contribution in [0.2, 0.25) is 5.15 Å². The average molecular weight is 311 g/mol. The molecule has 0 atom stereocenters. The van der Waals surface area contributed by atoms with Crippen LogP contribution in [-0.4, -0.2) is 42.6 Å². The first-order valence-corrected chi connectivity index (χ1v) is 7.97. The molecular weight excluding hydrogens is 288 g/mol.